The second kappa shape index (κ2) is 11.6. The fourth-order valence-electron chi connectivity index (χ4n) is 4.16. The van der Waals surface area contributed by atoms with Crippen LogP contribution in [0.5, 0.6) is 5.75 Å². The topological polar surface area (TPSA) is 9.23 Å². The molecule has 0 unspecified atom stereocenters. The number of rotatable bonds is 9. The molecular formula is C27H34ClFO. The van der Waals surface area contributed by atoms with Crippen LogP contribution in [0.1, 0.15) is 87.8 Å². The molecule has 0 saturated heterocycles. The van der Waals surface area contributed by atoms with Crippen LogP contribution in [0.2, 0.25) is 5.02 Å². The zero-order chi connectivity index (χ0) is 21.3. The van der Waals surface area contributed by atoms with Gasteiger partial charge in [-0.15, -0.1) is 0 Å². The van der Waals surface area contributed by atoms with E-state index in [1.807, 2.05) is 6.08 Å². The molecule has 1 nitrogen and oxygen atoms in total. The van der Waals surface area contributed by atoms with Crippen LogP contribution in [0.25, 0.3) is 12.2 Å². The SMILES string of the molecule is CCCCCCOc1ccc(/C=C/c2ccc(C3CCC(C)CC3)cc2)c(F)c1Cl. The van der Waals surface area contributed by atoms with E-state index in [0.29, 0.717) is 23.8 Å². The summed E-state index contributed by atoms with van der Waals surface area (Å²) >= 11 is 6.20. The van der Waals surface area contributed by atoms with Crippen molar-refractivity contribution >= 4 is 23.8 Å². The molecule has 0 bridgehead atoms. The predicted molar refractivity (Wildman–Crippen MR) is 127 cm³/mol. The minimum absolute atomic E-state index is 0.0644. The highest BCUT2D eigenvalue weighted by Gasteiger charge is 2.19. The fourth-order valence-corrected chi connectivity index (χ4v) is 4.38. The van der Waals surface area contributed by atoms with E-state index in [1.54, 1.807) is 18.2 Å². The average Bonchev–Trinajstić information content (AvgIpc) is 2.77. The van der Waals surface area contributed by atoms with E-state index in [-0.39, 0.29) is 5.02 Å². The Kier molecular flexibility index (Phi) is 8.81. The largest absolute Gasteiger partial charge is 0.492 e. The Balaban J connectivity index is 1.59. The van der Waals surface area contributed by atoms with Crippen molar-refractivity contribution in [3.05, 3.63) is 63.9 Å². The molecule has 30 heavy (non-hydrogen) atoms. The number of ether oxygens (including phenoxy) is 1. The maximum Gasteiger partial charge on any atom is 0.152 e. The minimum atomic E-state index is -0.424. The van der Waals surface area contributed by atoms with Crippen molar-refractivity contribution in [1.82, 2.24) is 0 Å². The molecule has 1 aliphatic carbocycles. The first-order chi connectivity index (χ1) is 14.6. The van der Waals surface area contributed by atoms with Gasteiger partial charge in [-0.25, -0.2) is 4.39 Å². The van der Waals surface area contributed by atoms with Gasteiger partial charge in [-0.2, -0.15) is 0 Å². The van der Waals surface area contributed by atoms with Gasteiger partial charge >= 0.3 is 0 Å². The molecule has 0 N–H and O–H groups in total. The Labute approximate surface area is 186 Å². The van der Waals surface area contributed by atoms with Crippen molar-refractivity contribution in [2.24, 2.45) is 5.92 Å². The van der Waals surface area contributed by atoms with Gasteiger partial charge in [0.2, 0.25) is 0 Å². The van der Waals surface area contributed by atoms with Crippen molar-refractivity contribution < 1.29 is 9.13 Å². The molecule has 0 radical (unpaired) electrons. The Morgan fingerprint density at radius 1 is 0.967 bits per heavy atom. The van der Waals surface area contributed by atoms with Crippen LogP contribution in [0.4, 0.5) is 4.39 Å². The van der Waals surface area contributed by atoms with Crippen LogP contribution < -0.4 is 4.74 Å². The molecule has 2 aromatic carbocycles. The average molecular weight is 429 g/mol. The van der Waals surface area contributed by atoms with Crippen molar-refractivity contribution in [1.29, 1.82) is 0 Å². The third kappa shape index (κ3) is 6.35. The Bertz CT molecular complexity index is 820. The summed E-state index contributed by atoms with van der Waals surface area (Å²) in [6, 6.07) is 12.2. The Morgan fingerprint density at radius 3 is 2.40 bits per heavy atom. The third-order valence-electron chi connectivity index (χ3n) is 6.21. The Morgan fingerprint density at radius 2 is 1.70 bits per heavy atom. The van der Waals surface area contributed by atoms with E-state index in [1.165, 1.54) is 44.1 Å². The lowest BCUT2D eigenvalue weighted by Gasteiger charge is -2.26. The zero-order valence-corrected chi connectivity index (χ0v) is 19.1. The molecular weight excluding hydrogens is 395 g/mol. The van der Waals surface area contributed by atoms with Gasteiger partial charge < -0.3 is 4.74 Å². The molecule has 0 aromatic heterocycles. The van der Waals surface area contributed by atoms with E-state index in [4.69, 9.17) is 16.3 Å². The van der Waals surface area contributed by atoms with Crippen molar-refractivity contribution in [2.45, 2.75) is 71.1 Å². The summed E-state index contributed by atoms with van der Waals surface area (Å²) in [5, 5.41) is 0.0644. The van der Waals surface area contributed by atoms with E-state index in [0.717, 1.165) is 24.3 Å². The van der Waals surface area contributed by atoms with E-state index in [9.17, 15) is 4.39 Å². The smallest absolute Gasteiger partial charge is 0.152 e. The second-order valence-electron chi connectivity index (χ2n) is 8.65. The lowest BCUT2D eigenvalue weighted by molar-refractivity contribution is 0.304. The number of hydrogen-bond donors (Lipinski definition) is 0. The van der Waals surface area contributed by atoms with Crippen molar-refractivity contribution in [3.8, 4) is 5.75 Å². The molecule has 0 spiro atoms. The molecule has 1 aliphatic rings. The van der Waals surface area contributed by atoms with Crippen molar-refractivity contribution in [3.63, 3.8) is 0 Å². The number of benzene rings is 2. The standard InChI is InChI=1S/C27H34ClFO/c1-3-4-5-6-19-30-25-18-17-24(27(29)26(25)28)16-11-21-9-14-23(15-10-21)22-12-7-20(2)8-13-22/h9-11,14-18,20,22H,3-8,12-13,19H2,1-2H3/b16-11+. The van der Waals surface area contributed by atoms with E-state index in [2.05, 4.69) is 38.1 Å². The molecule has 162 valence electrons. The van der Waals surface area contributed by atoms with Gasteiger partial charge in [-0.3, -0.25) is 0 Å². The highest BCUT2D eigenvalue weighted by atomic mass is 35.5. The number of unbranched alkanes of at least 4 members (excludes halogenated alkanes) is 3. The summed E-state index contributed by atoms with van der Waals surface area (Å²) in [5.41, 5.74) is 2.96. The molecule has 0 aliphatic heterocycles. The molecule has 1 fully saturated rings. The van der Waals surface area contributed by atoms with Crippen LogP contribution in [0.3, 0.4) is 0 Å². The van der Waals surface area contributed by atoms with Crippen LogP contribution in [0.15, 0.2) is 36.4 Å². The van der Waals surface area contributed by atoms with E-state index < -0.39 is 5.82 Å². The number of halogens is 2. The Hall–Kier alpha value is -1.80. The molecule has 2 aromatic rings. The summed E-state index contributed by atoms with van der Waals surface area (Å²) in [4.78, 5) is 0. The normalized spacial score (nSPS) is 19.3. The van der Waals surface area contributed by atoms with Gasteiger partial charge in [0.25, 0.3) is 0 Å². The maximum atomic E-state index is 14.7. The van der Waals surface area contributed by atoms with Gasteiger partial charge in [-0.1, -0.05) is 94.0 Å². The minimum Gasteiger partial charge on any atom is -0.492 e. The quantitative estimate of drug-likeness (QED) is 0.286. The van der Waals surface area contributed by atoms with Gasteiger partial charge in [0, 0.05) is 5.56 Å². The van der Waals surface area contributed by atoms with Gasteiger partial charge in [-0.05, 0) is 54.4 Å². The zero-order valence-electron chi connectivity index (χ0n) is 18.3. The highest BCUT2D eigenvalue weighted by Crippen LogP contribution is 2.35. The molecule has 3 rings (SSSR count). The summed E-state index contributed by atoms with van der Waals surface area (Å²) in [6.45, 7) is 5.09. The molecule has 0 amide bonds. The monoisotopic (exact) mass is 428 g/mol. The summed E-state index contributed by atoms with van der Waals surface area (Å²) < 4.78 is 20.3. The van der Waals surface area contributed by atoms with Gasteiger partial charge in [0.05, 0.1) is 6.61 Å². The van der Waals surface area contributed by atoms with Crippen LogP contribution >= 0.6 is 11.6 Å². The first-order valence-corrected chi connectivity index (χ1v) is 11.8. The predicted octanol–water partition coefficient (Wildman–Crippen LogP) is 8.90. The maximum absolute atomic E-state index is 14.7. The molecule has 3 heteroatoms. The van der Waals surface area contributed by atoms with Crippen LogP contribution in [0, 0.1) is 11.7 Å². The van der Waals surface area contributed by atoms with Gasteiger partial charge in [0.15, 0.2) is 5.82 Å². The lowest BCUT2D eigenvalue weighted by atomic mass is 9.79. The molecule has 0 atom stereocenters. The van der Waals surface area contributed by atoms with E-state index >= 15 is 0 Å². The van der Waals surface area contributed by atoms with Crippen LogP contribution in [-0.2, 0) is 0 Å². The summed E-state index contributed by atoms with van der Waals surface area (Å²) in [7, 11) is 0. The third-order valence-corrected chi connectivity index (χ3v) is 6.56. The number of hydrogen-bond acceptors (Lipinski definition) is 1. The highest BCUT2D eigenvalue weighted by molar-refractivity contribution is 6.32. The summed E-state index contributed by atoms with van der Waals surface area (Å²) in [6.07, 6.45) is 13.4. The molecule has 1 saturated carbocycles. The van der Waals surface area contributed by atoms with Gasteiger partial charge in [0.1, 0.15) is 10.8 Å². The second-order valence-corrected chi connectivity index (χ2v) is 9.02. The first kappa shape index (κ1) is 22.9. The molecule has 0 heterocycles. The fraction of sp³-hybridized carbons (Fsp3) is 0.481. The van der Waals surface area contributed by atoms with Crippen molar-refractivity contribution in [2.75, 3.05) is 6.61 Å². The summed E-state index contributed by atoms with van der Waals surface area (Å²) in [5.74, 6) is 1.55. The van der Waals surface area contributed by atoms with Crippen LogP contribution in [-0.4, -0.2) is 6.61 Å². The lowest BCUT2D eigenvalue weighted by Crippen LogP contribution is -2.10. The first-order valence-electron chi connectivity index (χ1n) is 11.5.